The van der Waals surface area contributed by atoms with Gasteiger partial charge in [0, 0.05) is 12.1 Å². The molecule has 0 fully saturated rings. The minimum atomic E-state index is -4.19. The number of benzene rings is 1. The van der Waals surface area contributed by atoms with Gasteiger partial charge in [-0.15, -0.1) is 0 Å². The number of rotatable bonds is 6. The van der Waals surface area contributed by atoms with Crippen molar-refractivity contribution in [3.05, 3.63) is 29.6 Å². The third-order valence-corrected chi connectivity index (χ3v) is 4.92. The molecule has 0 aliphatic carbocycles. The summed E-state index contributed by atoms with van der Waals surface area (Å²) in [6, 6.07) is 0.876. The van der Waals surface area contributed by atoms with Gasteiger partial charge < -0.3 is 5.73 Å². The van der Waals surface area contributed by atoms with Crippen LogP contribution in [0.1, 0.15) is 26.7 Å². The Morgan fingerprint density at radius 2 is 1.60 bits per heavy atom. The molecule has 20 heavy (non-hydrogen) atoms. The lowest BCUT2D eigenvalue weighted by Gasteiger charge is -2.31. The SMILES string of the molecule is CCC(CC)(CN)NS(=O)(=O)c1cc(F)c(F)c(F)c1. The molecule has 1 aromatic carbocycles. The Morgan fingerprint density at radius 3 is 1.95 bits per heavy atom. The van der Waals surface area contributed by atoms with Gasteiger partial charge in [-0.1, -0.05) is 13.8 Å². The zero-order valence-corrected chi connectivity index (χ0v) is 12.0. The second-order valence-electron chi connectivity index (χ2n) is 4.50. The fourth-order valence-corrected chi connectivity index (χ4v) is 3.33. The van der Waals surface area contributed by atoms with E-state index in [4.69, 9.17) is 5.73 Å². The zero-order valence-electron chi connectivity index (χ0n) is 11.2. The van der Waals surface area contributed by atoms with E-state index in [0.29, 0.717) is 25.0 Å². The normalized spacial score (nSPS) is 12.7. The van der Waals surface area contributed by atoms with Crippen molar-refractivity contribution in [2.24, 2.45) is 5.73 Å². The van der Waals surface area contributed by atoms with Crippen LogP contribution in [0.3, 0.4) is 0 Å². The highest BCUT2D eigenvalue weighted by Crippen LogP contribution is 2.21. The first kappa shape index (κ1) is 16.9. The van der Waals surface area contributed by atoms with E-state index >= 15 is 0 Å². The van der Waals surface area contributed by atoms with E-state index in [1.165, 1.54) is 0 Å². The maximum absolute atomic E-state index is 13.1. The van der Waals surface area contributed by atoms with Crippen LogP contribution in [-0.4, -0.2) is 20.5 Å². The maximum Gasteiger partial charge on any atom is 0.241 e. The molecular weight excluding hydrogens is 293 g/mol. The molecule has 114 valence electrons. The van der Waals surface area contributed by atoms with Gasteiger partial charge in [0.05, 0.1) is 4.90 Å². The van der Waals surface area contributed by atoms with Crippen LogP contribution in [0, 0.1) is 17.5 Å². The molecule has 0 unspecified atom stereocenters. The predicted octanol–water partition coefficient (Wildman–Crippen LogP) is 1.90. The van der Waals surface area contributed by atoms with Crippen molar-refractivity contribution in [2.75, 3.05) is 6.54 Å². The van der Waals surface area contributed by atoms with E-state index in [1.807, 2.05) is 0 Å². The molecule has 3 N–H and O–H groups in total. The minimum Gasteiger partial charge on any atom is -0.329 e. The Bertz CT molecular complexity index is 555. The van der Waals surface area contributed by atoms with Gasteiger partial charge in [0.2, 0.25) is 10.0 Å². The summed E-state index contributed by atoms with van der Waals surface area (Å²) in [7, 11) is -4.19. The average molecular weight is 310 g/mol. The van der Waals surface area contributed by atoms with Crippen molar-refractivity contribution in [1.82, 2.24) is 4.72 Å². The van der Waals surface area contributed by atoms with Gasteiger partial charge >= 0.3 is 0 Å². The van der Waals surface area contributed by atoms with Crippen LogP contribution in [0.2, 0.25) is 0 Å². The van der Waals surface area contributed by atoms with Gasteiger partial charge in [0.15, 0.2) is 17.5 Å². The van der Waals surface area contributed by atoms with Gasteiger partial charge in [0.25, 0.3) is 0 Å². The predicted molar refractivity (Wildman–Crippen MR) is 69.0 cm³/mol. The molecular formula is C12H17F3N2O2S. The van der Waals surface area contributed by atoms with E-state index in [0.717, 1.165) is 0 Å². The van der Waals surface area contributed by atoms with E-state index in [9.17, 15) is 21.6 Å². The first-order valence-electron chi connectivity index (χ1n) is 6.10. The molecule has 1 aromatic rings. The molecule has 8 heteroatoms. The first-order chi connectivity index (χ1) is 9.21. The molecule has 0 heterocycles. The molecule has 0 aromatic heterocycles. The molecule has 0 spiro atoms. The fourth-order valence-electron chi connectivity index (χ4n) is 1.76. The number of nitrogens with two attached hydrogens (primary N) is 1. The number of halogens is 3. The number of hydrogen-bond acceptors (Lipinski definition) is 3. The standard InChI is InChI=1S/C12H17F3N2O2S/c1-3-12(4-2,7-16)17-20(18,19)8-5-9(13)11(15)10(14)6-8/h5-6,17H,3-4,7,16H2,1-2H3. The van der Waals surface area contributed by atoms with Crippen LogP contribution in [-0.2, 0) is 10.0 Å². The number of nitrogens with one attached hydrogen (secondary N) is 1. The molecule has 0 aliphatic rings. The van der Waals surface area contributed by atoms with E-state index in [2.05, 4.69) is 4.72 Å². The van der Waals surface area contributed by atoms with Crippen LogP contribution in [0.25, 0.3) is 0 Å². The quantitative estimate of drug-likeness (QED) is 0.788. The highest BCUT2D eigenvalue weighted by atomic mass is 32.2. The Morgan fingerprint density at radius 1 is 1.15 bits per heavy atom. The van der Waals surface area contributed by atoms with Gasteiger partial charge in [-0.25, -0.2) is 26.3 Å². The second-order valence-corrected chi connectivity index (χ2v) is 6.18. The Balaban J connectivity index is 3.24. The zero-order chi connectivity index (χ0) is 15.6. The summed E-state index contributed by atoms with van der Waals surface area (Å²) < 4.78 is 65.7. The van der Waals surface area contributed by atoms with Crippen molar-refractivity contribution in [3.8, 4) is 0 Å². The highest BCUT2D eigenvalue weighted by Gasteiger charge is 2.31. The molecule has 0 amide bonds. The Labute approximate surface area is 116 Å². The average Bonchev–Trinajstić information content (AvgIpc) is 2.41. The molecule has 0 atom stereocenters. The summed E-state index contributed by atoms with van der Waals surface area (Å²) in [5, 5.41) is 0. The van der Waals surface area contributed by atoms with Crippen molar-refractivity contribution in [1.29, 1.82) is 0 Å². The lowest BCUT2D eigenvalue weighted by atomic mass is 9.95. The van der Waals surface area contributed by atoms with E-state index in [-0.39, 0.29) is 6.54 Å². The summed E-state index contributed by atoms with van der Waals surface area (Å²) in [6.07, 6.45) is 0.816. The van der Waals surface area contributed by atoms with Crippen molar-refractivity contribution in [3.63, 3.8) is 0 Å². The van der Waals surface area contributed by atoms with Crippen LogP contribution in [0.4, 0.5) is 13.2 Å². The molecule has 0 radical (unpaired) electrons. The molecule has 0 bridgehead atoms. The van der Waals surface area contributed by atoms with Crippen molar-refractivity contribution in [2.45, 2.75) is 37.1 Å². The lowest BCUT2D eigenvalue weighted by Crippen LogP contribution is -2.52. The third kappa shape index (κ3) is 3.31. The van der Waals surface area contributed by atoms with Crippen molar-refractivity contribution >= 4 is 10.0 Å². The second kappa shape index (κ2) is 6.11. The summed E-state index contributed by atoms with van der Waals surface area (Å²) in [6.45, 7) is 3.51. The summed E-state index contributed by atoms with van der Waals surface area (Å²) in [4.78, 5) is -0.673. The van der Waals surface area contributed by atoms with Crippen LogP contribution in [0.5, 0.6) is 0 Å². The number of sulfonamides is 1. The molecule has 0 saturated heterocycles. The van der Waals surface area contributed by atoms with Gasteiger partial charge in [-0.05, 0) is 25.0 Å². The van der Waals surface area contributed by atoms with Gasteiger partial charge in [-0.2, -0.15) is 0 Å². The Kier molecular flexibility index (Phi) is 5.17. The fraction of sp³-hybridized carbons (Fsp3) is 0.500. The monoisotopic (exact) mass is 310 g/mol. The third-order valence-electron chi connectivity index (χ3n) is 3.36. The van der Waals surface area contributed by atoms with Crippen molar-refractivity contribution < 1.29 is 21.6 Å². The minimum absolute atomic E-state index is 0.0331. The topological polar surface area (TPSA) is 72.2 Å². The van der Waals surface area contributed by atoms with E-state index in [1.54, 1.807) is 13.8 Å². The first-order valence-corrected chi connectivity index (χ1v) is 7.58. The maximum atomic E-state index is 13.1. The molecule has 0 aliphatic heterocycles. The largest absolute Gasteiger partial charge is 0.329 e. The highest BCUT2D eigenvalue weighted by molar-refractivity contribution is 7.89. The Hall–Kier alpha value is -1.12. The smallest absolute Gasteiger partial charge is 0.241 e. The summed E-state index contributed by atoms with van der Waals surface area (Å²) >= 11 is 0. The molecule has 0 saturated carbocycles. The van der Waals surface area contributed by atoms with Crippen LogP contribution in [0.15, 0.2) is 17.0 Å². The summed E-state index contributed by atoms with van der Waals surface area (Å²) in [5.74, 6) is -4.83. The molecule has 4 nitrogen and oxygen atoms in total. The summed E-state index contributed by atoms with van der Waals surface area (Å²) in [5.41, 5.74) is 4.66. The molecule has 1 rings (SSSR count). The van der Waals surface area contributed by atoms with Gasteiger partial charge in [0.1, 0.15) is 0 Å². The van der Waals surface area contributed by atoms with Crippen LogP contribution >= 0.6 is 0 Å². The lowest BCUT2D eigenvalue weighted by molar-refractivity contribution is 0.362. The van der Waals surface area contributed by atoms with Gasteiger partial charge in [-0.3, -0.25) is 0 Å². The van der Waals surface area contributed by atoms with Crippen LogP contribution < -0.4 is 10.5 Å². The van der Waals surface area contributed by atoms with E-state index < -0.39 is 37.9 Å². The number of hydrogen-bond donors (Lipinski definition) is 2.